The number of aryl methyl sites for hydroxylation is 2. The lowest BCUT2D eigenvalue weighted by molar-refractivity contribution is 0.359. The van der Waals surface area contributed by atoms with Gasteiger partial charge in [0.2, 0.25) is 0 Å². The fourth-order valence-electron chi connectivity index (χ4n) is 3.68. The molecule has 0 aromatic heterocycles. The Kier molecular flexibility index (Phi) is 6.75. The second-order valence-corrected chi connectivity index (χ2v) is 7.52. The van der Waals surface area contributed by atoms with Crippen LogP contribution in [-0.4, -0.2) is 6.54 Å². The van der Waals surface area contributed by atoms with Gasteiger partial charge in [-0.3, -0.25) is 0 Å². The van der Waals surface area contributed by atoms with E-state index in [1.165, 1.54) is 66.1 Å². The number of nitrogens with one attached hydrogen (secondary N) is 1. The number of hydrogen-bond donors (Lipinski definition) is 1. The molecule has 0 heterocycles. The highest BCUT2D eigenvalue weighted by molar-refractivity contribution is 9.10. The van der Waals surface area contributed by atoms with Crippen molar-refractivity contribution in [3.05, 3.63) is 33.3 Å². The summed E-state index contributed by atoms with van der Waals surface area (Å²) in [6, 6.07) is 5.18. The van der Waals surface area contributed by atoms with E-state index >= 15 is 0 Å². The Hall–Kier alpha value is -0.340. The van der Waals surface area contributed by atoms with Crippen LogP contribution in [0.1, 0.15) is 74.6 Å². The summed E-state index contributed by atoms with van der Waals surface area (Å²) >= 11 is 3.66. The highest BCUT2D eigenvalue weighted by Crippen LogP contribution is 2.33. The maximum absolute atomic E-state index is 3.74. The molecule has 0 spiro atoms. The average molecular weight is 352 g/mol. The molecule has 1 N–H and O–H groups in total. The Bertz CT molecular complexity index is 447. The van der Waals surface area contributed by atoms with Crippen molar-refractivity contribution in [1.29, 1.82) is 0 Å². The smallest absolute Gasteiger partial charge is 0.0325 e. The predicted molar refractivity (Wildman–Crippen MR) is 95.8 cm³/mol. The monoisotopic (exact) mass is 351 g/mol. The van der Waals surface area contributed by atoms with Crippen LogP contribution >= 0.6 is 15.9 Å². The van der Waals surface area contributed by atoms with Crippen LogP contribution in [-0.2, 0) is 0 Å². The van der Waals surface area contributed by atoms with Crippen LogP contribution in [0.15, 0.2) is 16.6 Å². The van der Waals surface area contributed by atoms with Crippen molar-refractivity contribution in [2.24, 2.45) is 5.92 Å². The molecule has 0 radical (unpaired) electrons. The summed E-state index contributed by atoms with van der Waals surface area (Å²) in [7, 11) is 0. The number of halogens is 1. The molecule has 118 valence electrons. The molecule has 21 heavy (non-hydrogen) atoms. The third-order valence-electron chi connectivity index (χ3n) is 4.92. The summed E-state index contributed by atoms with van der Waals surface area (Å²) in [5.41, 5.74) is 4.26. The molecular weight excluding hydrogens is 322 g/mol. The molecule has 0 amide bonds. The van der Waals surface area contributed by atoms with Crippen molar-refractivity contribution >= 4 is 15.9 Å². The van der Waals surface area contributed by atoms with E-state index in [4.69, 9.17) is 0 Å². The van der Waals surface area contributed by atoms with Crippen LogP contribution in [0.25, 0.3) is 0 Å². The van der Waals surface area contributed by atoms with Gasteiger partial charge >= 0.3 is 0 Å². The largest absolute Gasteiger partial charge is 0.310 e. The highest BCUT2D eigenvalue weighted by Gasteiger charge is 2.20. The minimum Gasteiger partial charge on any atom is -0.310 e. The zero-order valence-corrected chi connectivity index (χ0v) is 15.4. The average Bonchev–Trinajstić information content (AvgIpc) is 2.71. The van der Waals surface area contributed by atoms with Crippen molar-refractivity contribution in [2.45, 2.75) is 71.8 Å². The molecule has 1 aromatic carbocycles. The van der Waals surface area contributed by atoms with Crippen LogP contribution in [0.5, 0.6) is 0 Å². The number of hydrogen-bond acceptors (Lipinski definition) is 1. The number of benzene rings is 1. The van der Waals surface area contributed by atoms with E-state index < -0.39 is 0 Å². The Labute approximate surface area is 139 Å². The summed E-state index contributed by atoms with van der Waals surface area (Å²) in [5.74, 6) is 0.903. The van der Waals surface area contributed by atoms with E-state index in [1.54, 1.807) is 0 Å². The van der Waals surface area contributed by atoms with Crippen LogP contribution < -0.4 is 5.32 Å². The van der Waals surface area contributed by atoms with E-state index in [-0.39, 0.29) is 0 Å². The van der Waals surface area contributed by atoms with E-state index in [0.717, 1.165) is 12.5 Å². The van der Waals surface area contributed by atoms with E-state index in [9.17, 15) is 0 Å². The van der Waals surface area contributed by atoms with Crippen LogP contribution in [0, 0.1) is 19.8 Å². The lowest BCUT2D eigenvalue weighted by atomic mass is 9.87. The van der Waals surface area contributed by atoms with Crippen molar-refractivity contribution in [3.8, 4) is 0 Å². The Morgan fingerprint density at radius 1 is 1.10 bits per heavy atom. The van der Waals surface area contributed by atoms with Gasteiger partial charge in [0, 0.05) is 10.5 Å². The first kappa shape index (κ1) is 17.0. The van der Waals surface area contributed by atoms with Gasteiger partial charge in [-0.25, -0.2) is 0 Å². The van der Waals surface area contributed by atoms with Crippen molar-refractivity contribution in [3.63, 3.8) is 0 Å². The van der Waals surface area contributed by atoms with E-state index in [0.29, 0.717) is 6.04 Å². The summed E-state index contributed by atoms with van der Waals surface area (Å²) in [5, 5.41) is 3.74. The van der Waals surface area contributed by atoms with Gasteiger partial charge < -0.3 is 5.32 Å². The Morgan fingerprint density at radius 2 is 1.76 bits per heavy atom. The number of rotatable bonds is 5. The maximum Gasteiger partial charge on any atom is 0.0325 e. The summed E-state index contributed by atoms with van der Waals surface area (Å²) in [4.78, 5) is 0. The Balaban J connectivity index is 2.15. The quantitative estimate of drug-likeness (QED) is 0.634. The Morgan fingerprint density at radius 3 is 2.38 bits per heavy atom. The lowest BCUT2D eigenvalue weighted by Gasteiger charge is -2.26. The van der Waals surface area contributed by atoms with E-state index in [2.05, 4.69) is 54.2 Å². The molecule has 1 saturated carbocycles. The second kappa shape index (κ2) is 8.33. The maximum atomic E-state index is 3.74. The molecule has 1 aliphatic carbocycles. The normalized spacial score (nSPS) is 18.5. The molecule has 0 saturated heterocycles. The standard InChI is InChI=1S/C19H30BrN/c1-4-21-19(13-16-9-7-5-6-8-10-16)17-11-15(3)18(20)12-14(17)2/h11-12,16,19,21H,4-10,13H2,1-3H3. The van der Waals surface area contributed by atoms with Gasteiger partial charge in [-0.2, -0.15) is 0 Å². The molecule has 2 heteroatoms. The summed E-state index contributed by atoms with van der Waals surface area (Å²) in [6.45, 7) is 7.71. The first-order chi connectivity index (χ1) is 10.1. The van der Waals surface area contributed by atoms with Gasteiger partial charge in [0.25, 0.3) is 0 Å². The molecule has 1 atom stereocenters. The van der Waals surface area contributed by atoms with Gasteiger partial charge in [0.05, 0.1) is 0 Å². The summed E-state index contributed by atoms with van der Waals surface area (Å²) in [6.07, 6.45) is 9.91. The van der Waals surface area contributed by atoms with Gasteiger partial charge in [-0.15, -0.1) is 0 Å². The molecule has 1 nitrogen and oxygen atoms in total. The SMILES string of the molecule is CCNC(CC1CCCCCC1)c1cc(C)c(Br)cc1C. The first-order valence-electron chi connectivity index (χ1n) is 8.61. The van der Waals surface area contributed by atoms with Crippen molar-refractivity contribution < 1.29 is 0 Å². The molecule has 0 bridgehead atoms. The third-order valence-corrected chi connectivity index (χ3v) is 5.77. The van der Waals surface area contributed by atoms with Gasteiger partial charge in [0.15, 0.2) is 0 Å². The zero-order valence-electron chi connectivity index (χ0n) is 13.8. The topological polar surface area (TPSA) is 12.0 Å². The highest BCUT2D eigenvalue weighted by atomic mass is 79.9. The second-order valence-electron chi connectivity index (χ2n) is 6.66. The third kappa shape index (κ3) is 4.82. The van der Waals surface area contributed by atoms with Crippen LogP contribution in [0.4, 0.5) is 0 Å². The minimum atomic E-state index is 0.518. The molecule has 0 aliphatic heterocycles. The molecule has 1 unspecified atom stereocenters. The molecule has 1 aliphatic rings. The first-order valence-corrected chi connectivity index (χ1v) is 9.41. The molecule has 1 fully saturated rings. The molecule has 1 aromatic rings. The van der Waals surface area contributed by atoms with Crippen LogP contribution in [0.3, 0.4) is 0 Å². The fraction of sp³-hybridized carbons (Fsp3) is 0.684. The lowest BCUT2D eigenvalue weighted by Crippen LogP contribution is -2.24. The predicted octanol–water partition coefficient (Wildman–Crippen LogP) is 6.08. The van der Waals surface area contributed by atoms with Gasteiger partial charge in [-0.1, -0.05) is 67.4 Å². The molecular formula is C19H30BrN. The van der Waals surface area contributed by atoms with Crippen molar-refractivity contribution in [1.82, 2.24) is 5.32 Å². The van der Waals surface area contributed by atoms with E-state index in [1.807, 2.05) is 0 Å². The minimum absolute atomic E-state index is 0.518. The summed E-state index contributed by atoms with van der Waals surface area (Å²) < 4.78 is 1.23. The zero-order chi connectivity index (χ0) is 15.2. The van der Waals surface area contributed by atoms with Gasteiger partial charge in [0.1, 0.15) is 0 Å². The molecule has 2 rings (SSSR count). The van der Waals surface area contributed by atoms with Gasteiger partial charge in [-0.05, 0) is 55.5 Å². The van der Waals surface area contributed by atoms with Crippen molar-refractivity contribution in [2.75, 3.05) is 6.54 Å². The van der Waals surface area contributed by atoms with Crippen LogP contribution in [0.2, 0.25) is 0 Å². The fourth-order valence-corrected chi connectivity index (χ4v) is 4.14.